The normalized spacial score (nSPS) is 26.1. The first-order chi connectivity index (χ1) is 10.1. The standard InChI is InChI=1S/C14H19N3O4/c18-12(16-14(13(19)20)6-8-21-9-14)11-5-7-15-17(11)10-3-1-2-4-10/h5,7,10H,1-4,6,8-9H2,(H,16,18)(H,19,20). The molecule has 1 saturated carbocycles. The molecule has 7 heteroatoms. The van der Waals surface area contributed by atoms with Gasteiger partial charge in [-0.25, -0.2) is 4.79 Å². The third kappa shape index (κ3) is 2.53. The SMILES string of the molecule is O=C(NC1(C(=O)O)CCOC1)c1ccnn1C1CCCC1. The molecule has 0 aromatic carbocycles. The number of rotatable bonds is 4. The molecule has 1 saturated heterocycles. The molecule has 7 nitrogen and oxygen atoms in total. The van der Waals surface area contributed by atoms with Gasteiger partial charge in [-0.2, -0.15) is 5.10 Å². The number of carbonyl (C=O) groups is 2. The summed E-state index contributed by atoms with van der Waals surface area (Å²) < 4.78 is 6.88. The summed E-state index contributed by atoms with van der Waals surface area (Å²) in [5.74, 6) is -1.45. The van der Waals surface area contributed by atoms with Gasteiger partial charge in [0, 0.05) is 19.2 Å². The Morgan fingerprint density at radius 3 is 2.81 bits per heavy atom. The summed E-state index contributed by atoms with van der Waals surface area (Å²) >= 11 is 0. The average Bonchev–Trinajstić information content (AvgIpc) is 3.19. The molecule has 1 unspecified atom stereocenters. The fourth-order valence-corrected chi connectivity index (χ4v) is 3.10. The molecule has 0 bridgehead atoms. The van der Waals surface area contributed by atoms with Crippen molar-refractivity contribution in [2.75, 3.05) is 13.2 Å². The van der Waals surface area contributed by atoms with Gasteiger partial charge >= 0.3 is 5.97 Å². The van der Waals surface area contributed by atoms with E-state index in [0.717, 1.165) is 25.7 Å². The fourth-order valence-electron chi connectivity index (χ4n) is 3.10. The second kappa shape index (κ2) is 5.48. The van der Waals surface area contributed by atoms with Crippen molar-refractivity contribution in [2.24, 2.45) is 0 Å². The summed E-state index contributed by atoms with van der Waals surface area (Å²) in [5.41, 5.74) is -0.892. The van der Waals surface area contributed by atoms with Gasteiger partial charge in [-0.1, -0.05) is 12.8 Å². The minimum Gasteiger partial charge on any atom is -0.479 e. The number of carboxylic acid groups (broad SMARTS) is 1. The summed E-state index contributed by atoms with van der Waals surface area (Å²) in [6.45, 7) is 0.347. The summed E-state index contributed by atoms with van der Waals surface area (Å²) in [6, 6.07) is 1.88. The van der Waals surface area contributed by atoms with Crippen molar-refractivity contribution >= 4 is 11.9 Å². The number of amides is 1. The number of aliphatic carboxylic acids is 1. The molecule has 1 aliphatic heterocycles. The summed E-state index contributed by atoms with van der Waals surface area (Å²) in [4.78, 5) is 23.9. The number of ether oxygens (including phenoxy) is 1. The van der Waals surface area contributed by atoms with Crippen LogP contribution in [0, 0.1) is 0 Å². The number of carbonyl (C=O) groups excluding carboxylic acids is 1. The largest absolute Gasteiger partial charge is 0.479 e. The zero-order valence-electron chi connectivity index (χ0n) is 11.7. The Labute approximate surface area is 122 Å². The van der Waals surface area contributed by atoms with Crippen LogP contribution in [-0.2, 0) is 9.53 Å². The van der Waals surface area contributed by atoms with Gasteiger partial charge in [0.2, 0.25) is 0 Å². The molecule has 1 aromatic rings. The Morgan fingerprint density at radius 1 is 1.43 bits per heavy atom. The van der Waals surface area contributed by atoms with E-state index >= 15 is 0 Å². The van der Waals surface area contributed by atoms with Crippen molar-refractivity contribution in [3.8, 4) is 0 Å². The van der Waals surface area contributed by atoms with Gasteiger partial charge in [0.25, 0.3) is 5.91 Å². The molecule has 2 heterocycles. The fraction of sp³-hybridized carbons (Fsp3) is 0.643. The maximum atomic E-state index is 12.5. The Bertz CT molecular complexity index is 542. The molecule has 1 amide bonds. The van der Waals surface area contributed by atoms with Crippen LogP contribution in [0.3, 0.4) is 0 Å². The number of hydrogen-bond acceptors (Lipinski definition) is 4. The molecule has 1 aliphatic carbocycles. The molecule has 2 fully saturated rings. The smallest absolute Gasteiger partial charge is 0.331 e. The lowest BCUT2D eigenvalue weighted by atomic mass is 9.99. The van der Waals surface area contributed by atoms with Gasteiger partial charge < -0.3 is 15.2 Å². The van der Waals surface area contributed by atoms with E-state index in [0.29, 0.717) is 12.3 Å². The molecule has 2 aliphatic rings. The molecule has 0 radical (unpaired) electrons. The second-order valence-electron chi connectivity index (χ2n) is 5.74. The summed E-state index contributed by atoms with van der Waals surface area (Å²) in [5, 5.41) is 16.2. The van der Waals surface area contributed by atoms with Crippen molar-refractivity contribution in [1.29, 1.82) is 0 Å². The van der Waals surface area contributed by atoms with E-state index in [1.165, 1.54) is 0 Å². The van der Waals surface area contributed by atoms with Crippen LogP contribution < -0.4 is 5.32 Å². The average molecular weight is 293 g/mol. The molecule has 114 valence electrons. The zero-order chi connectivity index (χ0) is 14.9. The second-order valence-corrected chi connectivity index (χ2v) is 5.74. The van der Waals surface area contributed by atoms with E-state index in [-0.39, 0.29) is 19.1 Å². The molecule has 1 aromatic heterocycles. The minimum absolute atomic E-state index is 0.00559. The van der Waals surface area contributed by atoms with Crippen LogP contribution in [0.5, 0.6) is 0 Å². The van der Waals surface area contributed by atoms with Gasteiger partial charge in [0.15, 0.2) is 5.54 Å². The lowest BCUT2D eigenvalue weighted by Gasteiger charge is -2.24. The number of carboxylic acids is 1. The van der Waals surface area contributed by atoms with E-state index < -0.39 is 17.4 Å². The number of nitrogens with zero attached hydrogens (tertiary/aromatic N) is 2. The van der Waals surface area contributed by atoms with Crippen LogP contribution in [0.4, 0.5) is 0 Å². The molecular weight excluding hydrogens is 274 g/mol. The predicted molar refractivity (Wildman–Crippen MR) is 73.0 cm³/mol. The zero-order valence-corrected chi connectivity index (χ0v) is 11.7. The summed E-state index contributed by atoms with van der Waals surface area (Å²) in [6.07, 6.45) is 6.17. The van der Waals surface area contributed by atoms with Crippen LogP contribution in [0.1, 0.15) is 48.6 Å². The van der Waals surface area contributed by atoms with Crippen molar-refractivity contribution in [3.05, 3.63) is 18.0 Å². The number of hydrogen-bond donors (Lipinski definition) is 2. The third-order valence-electron chi connectivity index (χ3n) is 4.36. The summed E-state index contributed by atoms with van der Waals surface area (Å²) in [7, 11) is 0. The van der Waals surface area contributed by atoms with Crippen LogP contribution in [0.2, 0.25) is 0 Å². The van der Waals surface area contributed by atoms with E-state index in [4.69, 9.17) is 4.74 Å². The van der Waals surface area contributed by atoms with Gasteiger partial charge in [-0.3, -0.25) is 9.48 Å². The highest BCUT2D eigenvalue weighted by atomic mass is 16.5. The molecule has 1 atom stereocenters. The van der Waals surface area contributed by atoms with Crippen molar-refractivity contribution < 1.29 is 19.4 Å². The number of nitrogens with one attached hydrogen (secondary N) is 1. The monoisotopic (exact) mass is 293 g/mol. The van der Waals surface area contributed by atoms with Crippen LogP contribution in [-0.4, -0.2) is 45.5 Å². The van der Waals surface area contributed by atoms with Gasteiger partial charge in [0.05, 0.1) is 12.6 Å². The third-order valence-corrected chi connectivity index (χ3v) is 4.36. The molecular formula is C14H19N3O4. The molecule has 2 N–H and O–H groups in total. The van der Waals surface area contributed by atoms with Crippen LogP contribution in [0.15, 0.2) is 12.3 Å². The van der Waals surface area contributed by atoms with Crippen molar-refractivity contribution in [1.82, 2.24) is 15.1 Å². The molecule has 0 spiro atoms. The first-order valence-corrected chi connectivity index (χ1v) is 7.29. The first kappa shape index (κ1) is 14.1. The van der Waals surface area contributed by atoms with E-state index in [1.54, 1.807) is 16.9 Å². The quantitative estimate of drug-likeness (QED) is 0.863. The number of aromatic nitrogens is 2. The Hall–Kier alpha value is -1.89. The maximum Gasteiger partial charge on any atom is 0.331 e. The lowest BCUT2D eigenvalue weighted by Crippen LogP contribution is -2.55. The van der Waals surface area contributed by atoms with E-state index in [1.807, 2.05) is 0 Å². The van der Waals surface area contributed by atoms with Crippen molar-refractivity contribution in [2.45, 2.75) is 43.7 Å². The molecule has 21 heavy (non-hydrogen) atoms. The van der Waals surface area contributed by atoms with Gasteiger partial charge in [0.1, 0.15) is 5.69 Å². The topological polar surface area (TPSA) is 93.5 Å². The van der Waals surface area contributed by atoms with Gasteiger partial charge in [-0.15, -0.1) is 0 Å². The van der Waals surface area contributed by atoms with E-state index in [9.17, 15) is 14.7 Å². The van der Waals surface area contributed by atoms with Crippen molar-refractivity contribution in [3.63, 3.8) is 0 Å². The highest BCUT2D eigenvalue weighted by Crippen LogP contribution is 2.30. The first-order valence-electron chi connectivity index (χ1n) is 7.29. The Kier molecular flexibility index (Phi) is 3.67. The maximum absolute atomic E-state index is 12.5. The lowest BCUT2D eigenvalue weighted by molar-refractivity contribution is -0.144. The highest BCUT2D eigenvalue weighted by molar-refractivity contribution is 5.96. The van der Waals surface area contributed by atoms with Crippen LogP contribution >= 0.6 is 0 Å². The molecule has 3 rings (SSSR count). The predicted octanol–water partition coefficient (Wildman–Crippen LogP) is 0.972. The minimum atomic E-state index is -1.32. The highest BCUT2D eigenvalue weighted by Gasteiger charge is 2.44. The van der Waals surface area contributed by atoms with Crippen LogP contribution in [0.25, 0.3) is 0 Å². The Balaban J connectivity index is 1.79. The van der Waals surface area contributed by atoms with Gasteiger partial charge in [-0.05, 0) is 18.9 Å². The Morgan fingerprint density at radius 2 is 2.19 bits per heavy atom. The van der Waals surface area contributed by atoms with E-state index in [2.05, 4.69) is 10.4 Å².